The Morgan fingerprint density at radius 1 is 1.43 bits per heavy atom. The Bertz CT molecular complexity index is 323. The summed E-state index contributed by atoms with van der Waals surface area (Å²) >= 11 is 0. The van der Waals surface area contributed by atoms with Crippen LogP contribution in [0.3, 0.4) is 0 Å². The minimum Gasteiger partial charge on any atom is -0.324 e. The number of benzene rings is 1. The van der Waals surface area contributed by atoms with Crippen molar-refractivity contribution in [2.75, 3.05) is 0 Å². The van der Waals surface area contributed by atoms with Gasteiger partial charge < -0.3 is 5.73 Å². The zero-order chi connectivity index (χ0) is 9.42. The van der Waals surface area contributed by atoms with Crippen molar-refractivity contribution >= 4 is 12.4 Å². The second-order valence-corrected chi connectivity index (χ2v) is 3.84. The zero-order valence-electron chi connectivity index (χ0n) is 8.16. The smallest absolute Gasteiger partial charge is 0.130 e. The first-order valence-corrected chi connectivity index (χ1v) is 4.70. The summed E-state index contributed by atoms with van der Waals surface area (Å²) in [6.07, 6.45) is 2.29. The fourth-order valence-corrected chi connectivity index (χ4v) is 1.64. The molecule has 2 rings (SSSR count). The normalized spacial score (nSPS) is 17.4. The van der Waals surface area contributed by atoms with Crippen LogP contribution < -0.4 is 5.73 Å². The number of hydrogen-bond acceptors (Lipinski definition) is 1. The van der Waals surface area contributed by atoms with E-state index in [2.05, 4.69) is 0 Å². The topological polar surface area (TPSA) is 26.0 Å². The van der Waals surface area contributed by atoms with Crippen LogP contribution in [-0.4, -0.2) is 0 Å². The van der Waals surface area contributed by atoms with E-state index in [1.165, 1.54) is 0 Å². The van der Waals surface area contributed by atoms with Crippen molar-refractivity contribution < 1.29 is 4.39 Å². The lowest BCUT2D eigenvalue weighted by Crippen LogP contribution is -2.14. The predicted molar refractivity (Wildman–Crippen MR) is 58.0 cm³/mol. The number of rotatable bonds is 2. The van der Waals surface area contributed by atoms with Crippen LogP contribution in [0.15, 0.2) is 18.2 Å². The van der Waals surface area contributed by atoms with Crippen molar-refractivity contribution in [1.29, 1.82) is 0 Å². The van der Waals surface area contributed by atoms with E-state index in [1.807, 2.05) is 6.07 Å². The summed E-state index contributed by atoms with van der Waals surface area (Å²) in [6.45, 7) is 1.78. The lowest BCUT2D eigenvalue weighted by molar-refractivity contribution is 0.548. The summed E-state index contributed by atoms with van der Waals surface area (Å²) < 4.78 is 13.6. The average molecular weight is 216 g/mol. The first-order chi connectivity index (χ1) is 6.20. The molecule has 1 unspecified atom stereocenters. The van der Waals surface area contributed by atoms with Gasteiger partial charge in [-0.25, -0.2) is 4.39 Å². The van der Waals surface area contributed by atoms with Crippen LogP contribution in [0.4, 0.5) is 4.39 Å². The van der Waals surface area contributed by atoms with Gasteiger partial charge in [0, 0.05) is 11.6 Å². The molecule has 0 spiro atoms. The first-order valence-electron chi connectivity index (χ1n) is 4.70. The molecule has 1 aromatic carbocycles. The van der Waals surface area contributed by atoms with Crippen LogP contribution in [0.5, 0.6) is 0 Å². The second kappa shape index (κ2) is 4.28. The second-order valence-electron chi connectivity index (χ2n) is 3.84. The van der Waals surface area contributed by atoms with Crippen molar-refractivity contribution in [3.05, 3.63) is 35.1 Å². The monoisotopic (exact) mass is 215 g/mol. The van der Waals surface area contributed by atoms with Gasteiger partial charge in [-0.05, 0) is 31.2 Å². The van der Waals surface area contributed by atoms with Gasteiger partial charge in [0.1, 0.15) is 5.82 Å². The van der Waals surface area contributed by atoms with Crippen LogP contribution in [0.1, 0.15) is 30.0 Å². The molecule has 1 atom stereocenters. The van der Waals surface area contributed by atoms with Gasteiger partial charge in [0.25, 0.3) is 0 Å². The molecule has 3 heteroatoms. The zero-order valence-corrected chi connectivity index (χ0v) is 8.98. The summed E-state index contributed by atoms with van der Waals surface area (Å²) in [5.41, 5.74) is 7.30. The van der Waals surface area contributed by atoms with E-state index in [0.29, 0.717) is 17.0 Å². The molecule has 0 aromatic heterocycles. The summed E-state index contributed by atoms with van der Waals surface area (Å²) in [4.78, 5) is 0. The quantitative estimate of drug-likeness (QED) is 0.807. The largest absolute Gasteiger partial charge is 0.324 e. The van der Waals surface area contributed by atoms with E-state index >= 15 is 0 Å². The number of nitrogens with two attached hydrogens (primary N) is 1. The first kappa shape index (κ1) is 11.5. The third-order valence-electron chi connectivity index (χ3n) is 2.71. The molecule has 0 bridgehead atoms. The minimum atomic E-state index is -0.123. The fourth-order valence-electron chi connectivity index (χ4n) is 1.64. The molecule has 78 valence electrons. The van der Waals surface area contributed by atoms with E-state index < -0.39 is 0 Å². The standard InChI is InChI=1S/C11H14FN.ClH/c1-7-3-2-4-9(10(7)12)11(13)8-5-6-8;/h2-4,8,11H,5-6,13H2,1H3;1H. The van der Waals surface area contributed by atoms with Crippen LogP contribution in [-0.2, 0) is 0 Å². The molecule has 1 saturated carbocycles. The molecule has 1 aromatic rings. The van der Waals surface area contributed by atoms with Gasteiger partial charge in [0.15, 0.2) is 0 Å². The Hall–Kier alpha value is -0.600. The number of aryl methyl sites for hydroxylation is 1. The van der Waals surface area contributed by atoms with Crippen LogP contribution >= 0.6 is 12.4 Å². The van der Waals surface area contributed by atoms with Crippen molar-refractivity contribution in [1.82, 2.24) is 0 Å². The summed E-state index contributed by atoms with van der Waals surface area (Å²) in [5, 5.41) is 0. The molecule has 1 aliphatic rings. The third-order valence-corrected chi connectivity index (χ3v) is 2.71. The molecular weight excluding hydrogens is 201 g/mol. The van der Waals surface area contributed by atoms with E-state index in [4.69, 9.17) is 5.73 Å². The van der Waals surface area contributed by atoms with Gasteiger partial charge in [-0.2, -0.15) is 0 Å². The molecule has 0 radical (unpaired) electrons. The van der Waals surface area contributed by atoms with Crippen LogP contribution in [0.25, 0.3) is 0 Å². The van der Waals surface area contributed by atoms with Gasteiger partial charge in [0.2, 0.25) is 0 Å². The Kier molecular flexibility index (Phi) is 3.51. The molecule has 2 N–H and O–H groups in total. The number of hydrogen-bond donors (Lipinski definition) is 1. The van der Waals surface area contributed by atoms with Crippen molar-refractivity contribution in [3.63, 3.8) is 0 Å². The highest BCUT2D eigenvalue weighted by Gasteiger charge is 2.31. The molecule has 1 aliphatic carbocycles. The molecule has 0 amide bonds. The Labute approximate surface area is 89.9 Å². The molecule has 0 saturated heterocycles. The Morgan fingerprint density at radius 3 is 2.64 bits per heavy atom. The van der Waals surface area contributed by atoms with Gasteiger partial charge in [-0.1, -0.05) is 18.2 Å². The van der Waals surface area contributed by atoms with Crippen molar-refractivity contribution in [2.24, 2.45) is 11.7 Å². The molecular formula is C11H15ClFN. The maximum atomic E-state index is 13.6. The average Bonchev–Trinajstić information content (AvgIpc) is 2.91. The highest BCUT2D eigenvalue weighted by atomic mass is 35.5. The van der Waals surface area contributed by atoms with Crippen LogP contribution in [0, 0.1) is 18.7 Å². The Balaban J connectivity index is 0.000000980. The maximum absolute atomic E-state index is 13.6. The fraction of sp³-hybridized carbons (Fsp3) is 0.455. The van der Waals surface area contributed by atoms with Gasteiger partial charge >= 0.3 is 0 Å². The molecule has 1 fully saturated rings. The summed E-state index contributed by atoms with van der Waals surface area (Å²) in [5.74, 6) is 0.387. The van der Waals surface area contributed by atoms with Crippen molar-refractivity contribution in [3.8, 4) is 0 Å². The molecule has 1 nitrogen and oxygen atoms in total. The molecule has 0 aliphatic heterocycles. The highest BCUT2D eigenvalue weighted by molar-refractivity contribution is 5.85. The van der Waals surface area contributed by atoms with Gasteiger partial charge in [0.05, 0.1) is 0 Å². The minimum absolute atomic E-state index is 0. The summed E-state index contributed by atoms with van der Waals surface area (Å²) in [6, 6.07) is 5.35. The Morgan fingerprint density at radius 2 is 2.07 bits per heavy atom. The van der Waals surface area contributed by atoms with Gasteiger partial charge in [-0.15, -0.1) is 12.4 Å². The molecule has 14 heavy (non-hydrogen) atoms. The third kappa shape index (κ3) is 2.07. The lowest BCUT2D eigenvalue weighted by Gasteiger charge is -2.12. The lowest BCUT2D eigenvalue weighted by atomic mass is 10.0. The van der Waals surface area contributed by atoms with Crippen molar-refractivity contribution in [2.45, 2.75) is 25.8 Å². The van der Waals surface area contributed by atoms with E-state index in [0.717, 1.165) is 12.8 Å². The van der Waals surface area contributed by atoms with E-state index in [1.54, 1.807) is 19.1 Å². The highest BCUT2D eigenvalue weighted by Crippen LogP contribution is 2.40. The van der Waals surface area contributed by atoms with Gasteiger partial charge in [-0.3, -0.25) is 0 Å². The maximum Gasteiger partial charge on any atom is 0.130 e. The predicted octanol–water partition coefficient (Wildman–Crippen LogP) is 2.97. The number of halogens is 2. The molecule has 0 heterocycles. The van der Waals surface area contributed by atoms with E-state index in [-0.39, 0.29) is 24.3 Å². The SMILES string of the molecule is Cc1cccc(C(N)C2CC2)c1F.Cl. The van der Waals surface area contributed by atoms with E-state index in [9.17, 15) is 4.39 Å². The summed E-state index contributed by atoms with van der Waals surface area (Å²) in [7, 11) is 0. The van der Waals surface area contributed by atoms with Crippen LogP contribution in [0.2, 0.25) is 0 Å².